The van der Waals surface area contributed by atoms with Gasteiger partial charge in [-0.15, -0.1) is 11.8 Å². The van der Waals surface area contributed by atoms with Gasteiger partial charge in [0.2, 0.25) is 11.3 Å². The topological polar surface area (TPSA) is 26.3 Å². The van der Waals surface area contributed by atoms with E-state index in [1.807, 2.05) is 0 Å². The van der Waals surface area contributed by atoms with Crippen molar-refractivity contribution in [3.8, 4) is 0 Å². The van der Waals surface area contributed by atoms with E-state index >= 15 is 0 Å². The van der Waals surface area contributed by atoms with Gasteiger partial charge in [0, 0.05) is 13.3 Å². The summed E-state index contributed by atoms with van der Waals surface area (Å²) in [4.78, 5) is 10.8. The maximum absolute atomic E-state index is 14.7. The first kappa shape index (κ1) is 16.1. The minimum Gasteiger partial charge on any atom is -0.461 e. The summed E-state index contributed by atoms with van der Waals surface area (Å²) in [5.74, 6) is -19.0. The van der Waals surface area contributed by atoms with Crippen LogP contribution in [0.5, 0.6) is 0 Å². The van der Waals surface area contributed by atoms with E-state index in [-0.39, 0.29) is 11.8 Å². The largest absolute Gasteiger partial charge is 0.461 e. The highest BCUT2D eigenvalue weighted by molar-refractivity contribution is 8.01. The van der Waals surface area contributed by atoms with Gasteiger partial charge in [-0.05, 0) is 0 Å². The van der Waals surface area contributed by atoms with Crippen molar-refractivity contribution in [3.63, 3.8) is 0 Å². The number of ether oxygens (including phenoxy) is 1. The molecule has 0 N–H and O–H groups in total. The van der Waals surface area contributed by atoms with Crippen LogP contribution in [0.25, 0.3) is 0 Å². The first-order valence-corrected chi connectivity index (χ1v) is 7.05. The third kappa shape index (κ3) is 1.23. The Hall–Kier alpha value is -0.740. The van der Waals surface area contributed by atoms with Gasteiger partial charge in [0.05, 0.1) is 10.5 Å². The lowest BCUT2D eigenvalue weighted by molar-refractivity contribution is -0.292. The lowest BCUT2D eigenvalue weighted by Gasteiger charge is -2.40. The number of esters is 1. The van der Waals surface area contributed by atoms with E-state index in [2.05, 4.69) is 4.74 Å². The molecule has 3 fully saturated rings. The van der Waals surface area contributed by atoms with Gasteiger partial charge < -0.3 is 4.74 Å². The van der Waals surface area contributed by atoms with E-state index in [0.717, 1.165) is 6.92 Å². The van der Waals surface area contributed by atoms with Crippen molar-refractivity contribution in [1.82, 2.24) is 0 Å². The van der Waals surface area contributed by atoms with Crippen LogP contribution in [-0.4, -0.2) is 51.7 Å². The molecule has 0 aromatic heterocycles. The van der Waals surface area contributed by atoms with Crippen molar-refractivity contribution in [3.05, 3.63) is 0 Å². The number of rotatable bonds is 1. The van der Waals surface area contributed by atoms with Crippen molar-refractivity contribution >= 4 is 17.7 Å². The number of carbonyl (C=O) groups excluding carboxylic acids is 1. The summed E-state index contributed by atoms with van der Waals surface area (Å²) in [6.45, 7) is 0.847. The van der Waals surface area contributed by atoms with Crippen LogP contribution in [-0.2, 0) is 9.53 Å². The molecule has 0 radical (unpaired) electrons. The van der Waals surface area contributed by atoms with Crippen LogP contribution in [0.3, 0.4) is 0 Å². The maximum atomic E-state index is 14.7. The molecule has 2 saturated heterocycles. The number of carbonyl (C=O) groups is 1. The van der Waals surface area contributed by atoms with Gasteiger partial charge in [0.15, 0.2) is 0 Å². The van der Waals surface area contributed by atoms with Crippen LogP contribution in [0.1, 0.15) is 13.3 Å². The zero-order valence-corrected chi connectivity index (χ0v) is 11.5. The highest BCUT2D eigenvalue weighted by Gasteiger charge is 3.04. The van der Waals surface area contributed by atoms with E-state index in [1.54, 1.807) is 0 Å². The maximum Gasteiger partial charge on any atom is 0.378 e. The minimum atomic E-state index is -6.19. The average Bonchev–Trinajstić information content (AvgIpc) is 2.88. The molecule has 126 valence electrons. The number of hydrogen-bond donors (Lipinski definition) is 0. The average molecular weight is 356 g/mol. The molecule has 2 bridgehead atoms. The summed E-state index contributed by atoms with van der Waals surface area (Å²) in [5, 5.41) is -4.50. The second-order valence-electron chi connectivity index (χ2n) is 5.58. The molecule has 0 aromatic rings. The summed E-state index contributed by atoms with van der Waals surface area (Å²) in [6, 6.07) is 0. The van der Waals surface area contributed by atoms with E-state index < -0.39 is 58.1 Å². The molecule has 5 atom stereocenters. The molecule has 2 heterocycles. The standard InChI is InChI=1S/C11H8F8O2S/c1-3(20)21-4-2-5-7(12)8(13,6(4)22-5)10(16,17)11(18,19)9(7,14)15/h4-6H,2H2,1H3. The second kappa shape index (κ2) is 3.84. The molecule has 0 aromatic carbocycles. The molecule has 11 heteroatoms. The molecule has 3 rings (SSSR count). The van der Waals surface area contributed by atoms with Gasteiger partial charge in [0.1, 0.15) is 6.10 Å². The molecule has 5 unspecified atom stereocenters. The smallest absolute Gasteiger partial charge is 0.378 e. The number of hydrogen-bond acceptors (Lipinski definition) is 3. The Morgan fingerprint density at radius 2 is 1.45 bits per heavy atom. The summed E-state index contributed by atoms with van der Waals surface area (Å²) in [6.07, 6.45) is -2.41. The molecule has 1 saturated carbocycles. The van der Waals surface area contributed by atoms with Crippen molar-refractivity contribution in [2.75, 3.05) is 0 Å². The van der Waals surface area contributed by atoms with Crippen LogP contribution in [0, 0.1) is 0 Å². The van der Waals surface area contributed by atoms with E-state index in [9.17, 15) is 39.9 Å². The van der Waals surface area contributed by atoms with Gasteiger partial charge in [0.25, 0.3) is 0 Å². The van der Waals surface area contributed by atoms with Gasteiger partial charge in [-0.3, -0.25) is 4.79 Å². The molecule has 2 nitrogen and oxygen atoms in total. The van der Waals surface area contributed by atoms with Crippen molar-refractivity contribution in [2.45, 2.75) is 59.1 Å². The van der Waals surface area contributed by atoms with Crippen molar-refractivity contribution in [2.24, 2.45) is 0 Å². The number of fused-ring (bicyclic) bond motifs is 5. The van der Waals surface area contributed by atoms with E-state index in [1.165, 1.54) is 0 Å². The van der Waals surface area contributed by atoms with Gasteiger partial charge in [-0.2, -0.15) is 26.3 Å². The fraction of sp³-hybridized carbons (Fsp3) is 0.909. The predicted octanol–water partition coefficient (Wildman–Crippen LogP) is 3.14. The lowest BCUT2D eigenvalue weighted by Crippen LogP contribution is -2.66. The zero-order valence-electron chi connectivity index (χ0n) is 10.7. The Bertz CT molecular complexity index is 554. The van der Waals surface area contributed by atoms with E-state index in [4.69, 9.17) is 0 Å². The molecule has 3 aliphatic rings. The van der Waals surface area contributed by atoms with Crippen molar-refractivity contribution in [1.29, 1.82) is 0 Å². The molecule has 2 aliphatic heterocycles. The van der Waals surface area contributed by atoms with Gasteiger partial charge >= 0.3 is 23.7 Å². The van der Waals surface area contributed by atoms with Gasteiger partial charge in [-0.25, -0.2) is 8.78 Å². The summed E-state index contributed by atoms with van der Waals surface area (Å²) in [5.41, 5.74) is -9.57. The highest BCUT2D eigenvalue weighted by atomic mass is 32.2. The van der Waals surface area contributed by atoms with Crippen LogP contribution in [0.15, 0.2) is 0 Å². The zero-order chi connectivity index (χ0) is 16.9. The molecule has 22 heavy (non-hydrogen) atoms. The van der Waals surface area contributed by atoms with Gasteiger partial charge in [-0.1, -0.05) is 0 Å². The number of halogens is 8. The highest BCUT2D eigenvalue weighted by Crippen LogP contribution is 2.78. The third-order valence-corrected chi connectivity index (χ3v) is 6.25. The normalized spacial score (nSPS) is 50.0. The molecule has 0 amide bonds. The van der Waals surface area contributed by atoms with Crippen LogP contribution < -0.4 is 0 Å². The summed E-state index contributed by atoms with van der Waals surface area (Å²) < 4.78 is 116. The minimum absolute atomic E-state index is 0.0561. The molecule has 0 spiro atoms. The Morgan fingerprint density at radius 3 is 1.95 bits per heavy atom. The Labute approximate surface area is 122 Å². The van der Waals surface area contributed by atoms with E-state index in [0.29, 0.717) is 0 Å². The first-order chi connectivity index (χ1) is 9.76. The quantitative estimate of drug-likeness (QED) is 0.533. The predicted molar refractivity (Wildman–Crippen MR) is 57.9 cm³/mol. The van der Waals surface area contributed by atoms with Crippen LogP contribution >= 0.6 is 11.8 Å². The monoisotopic (exact) mass is 356 g/mol. The number of alkyl halides is 8. The molecular weight excluding hydrogens is 348 g/mol. The SMILES string of the molecule is CC(=O)OC1CC2SC1C1(F)C(F)(F)C(F)(F)C(F)(F)C21F. The first-order valence-electron chi connectivity index (χ1n) is 6.10. The molecular formula is C11H8F8O2S. The van der Waals surface area contributed by atoms with Crippen LogP contribution in [0.4, 0.5) is 35.1 Å². The fourth-order valence-corrected chi connectivity index (χ4v) is 5.53. The Morgan fingerprint density at radius 1 is 0.955 bits per heavy atom. The van der Waals surface area contributed by atoms with Crippen molar-refractivity contribution < 1.29 is 44.7 Å². The summed E-state index contributed by atoms with van der Waals surface area (Å²) >= 11 is 0.0561. The fourth-order valence-electron chi connectivity index (χ4n) is 3.52. The Balaban J connectivity index is 2.17. The Kier molecular flexibility index (Phi) is 2.81. The second-order valence-corrected chi connectivity index (χ2v) is 6.92. The summed E-state index contributed by atoms with van der Waals surface area (Å²) in [7, 11) is 0. The third-order valence-electron chi connectivity index (χ3n) is 4.48. The van der Waals surface area contributed by atoms with Crippen LogP contribution in [0.2, 0.25) is 0 Å². The molecule has 1 aliphatic carbocycles. The number of thioether (sulfide) groups is 1. The lowest BCUT2D eigenvalue weighted by atomic mass is 9.73.